The number of hydrogen-bond acceptors (Lipinski definition) is 10. The molecule has 0 aliphatic rings. The molecule has 0 unspecified atom stereocenters. The van der Waals surface area contributed by atoms with Crippen LogP contribution in [0.3, 0.4) is 0 Å². The van der Waals surface area contributed by atoms with E-state index in [4.69, 9.17) is 136 Å². The van der Waals surface area contributed by atoms with Gasteiger partial charge in [0.05, 0.1) is 0 Å². The number of carboxylic acid groups (broad SMARTS) is 2. The summed E-state index contributed by atoms with van der Waals surface area (Å²) in [5, 5.41) is 14.8. The summed E-state index contributed by atoms with van der Waals surface area (Å²) >= 11 is 0. The maximum atomic E-state index is 9.00. The first-order valence-corrected chi connectivity index (χ1v) is 24.2. The second kappa shape index (κ2) is 62.2. The van der Waals surface area contributed by atoms with Crippen molar-refractivity contribution in [3.63, 3.8) is 0 Å². The molecule has 42 heteroatoms. The molecule has 260 valence electrons. The molecule has 34 radical (unpaired) electrons. The van der Waals surface area contributed by atoms with Gasteiger partial charge in [0.2, 0.25) is 0 Å². The van der Waals surface area contributed by atoms with E-state index in [9.17, 15) is 0 Å². The van der Waals surface area contributed by atoms with Crippen LogP contribution in [0.15, 0.2) is 0 Å². The molecule has 0 heterocycles. The minimum absolute atomic E-state index is 0. The van der Waals surface area contributed by atoms with Crippen LogP contribution in [0.5, 0.6) is 0 Å². The molecule has 0 aromatic carbocycles. The average Bonchev–Trinajstić information content (AvgIpc) is 3.04. The Labute approximate surface area is 399 Å². The SMILES string of the molecule is C.C.CC(=O)O.CC(=O)O.CN.CN.CSSC.CSSC.CSSC.[B].[B][B]B(B([B])[B])B(B(B([B])[B])B([B])[B])B(B(B([B])[B])B([B])[B])B(B([B])[B])B([B])[B]. The van der Waals surface area contributed by atoms with Crippen molar-refractivity contribution in [2.24, 2.45) is 11.5 Å². The first-order chi connectivity index (χ1) is 24.4. The fraction of sp³-hybridized carbons (Fsp3) is 0.857. The van der Waals surface area contributed by atoms with Crippen molar-refractivity contribution in [3.8, 4) is 0 Å². The summed E-state index contributed by atoms with van der Waals surface area (Å²) in [7, 11) is 105. The first-order valence-electron chi connectivity index (χ1n) is 15.3. The summed E-state index contributed by atoms with van der Waals surface area (Å²) in [5.41, 5.74) is 9.00. The number of aliphatic carboxylic acids is 2. The van der Waals surface area contributed by atoms with Gasteiger partial charge in [-0.15, -0.1) is 0 Å². The molecule has 6 N–H and O–H groups in total. The average molecular weight is 821 g/mol. The van der Waals surface area contributed by atoms with Crippen molar-refractivity contribution >= 4 is 291 Å². The highest BCUT2D eigenvalue weighted by atomic mass is 33.1. The third-order valence-corrected chi connectivity index (χ3v) is 10.1. The summed E-state index contributed by atoms with van der Waals surface area (Å²) in [6.07, 6.45) is 0.493. The lowest BCUT2D eigenvalue weighted by molar-refractivity contribution is -0.135. The van der Waals surface area contributed by atoms with E-state index < -0.39 is 94.9 Å². The Hall–Kier alpha value is 2.91. The van der Waals surface area contributed by atoms with E-state index in [2.05, 4.69) is 49.0 Å². The largest absolute Gasteiger partial charge is 0.481 e. The summed E-state index contributed by atoms with van der Waals surface area (Å²) in [6, 6.07) is 0. The Morgan fingerprint density at radius 1 is 0.429 bits per heavy atom. The molecular formula is C14H44B30N2O4S6. The van der Waals surface area contributed by atoms with E-state index in [1.807, 2.05) is 0 Å². The second-order valence-electron chi connectivity index (χ2n) is 9.74. The zero-order valence-corrected chi connectivity index (χ0v) is 38.5. The van der Waals surface area contributed by atoms with Crippen LogP contribution >= 0.6 is 64.8 Å². The highest BCUT2D eigenvalue weighted by Gasteiger charge is 2.51. The van der Waals surface area contributed by atoms with Gasteiger partial charge in [-0.1, -0.05) is 79.6 Å². The molecule has 0 atom stereocenters. The molecule has 0 saturated carbocycles. The van der Waals surface area contributed by atoms with Gasteiger partial charge >= 0.3 is 0 Å². The van der Waals surface area contributed by atoms with Crippen LogP contribution in [-0.2, 0) is 9.59 Å². The molecule has 0 saturated heterocycles. The third-order valence-electron chi connectivity index (χ3n) is 6.06. The molecule has 0 aliphatic heterocycles. The van der Waals surface area contributed by atoms with Gasteiger partial charge in [0, 0.05) is 228 Å². The first kappa shape index (κ1) is 86.1. The van der Waals surface area contributed by atoms with Crippen LogP contribution in [-0.4, -0.2) is 288 Å². The van der Waals surface area contributed by atoms with Crippen molar-refractivity contribution in [2.75, 3.05) is 51.6 Å². The van der Waals surface area contributed by atoms with Crippen LogP contribution in [0.4, 0.5) is 0 Å². The molecule has 0 aromatic rings. The van der Waals surface area contributed by atoms with Gasteiger partial charge in [0.15, 0.2) is 0 Å². The molecule has 0 bridgehead atoms. The van der Waals surface area contributed by atoms with E-state index in [-0.39, 0.29) is 23.3 Å². The number of hydrogen-bond donors (Lipinski definition) is 4. The van der Waals surface area contributed by atoms with Gasteiger partial charge in [0.1, 0.15) is 0 Å². The monoisotopic (exact) mass is 826 g/mol. The highest BCUT2D eigenvalue weighted by molar-refractivity contribution is 8.76. The minimum atomic E-state index is -1.03. The molecular weight excluding hydrogens is 777 g/mol. The summed E-state index contributed by atoms with van der Waals surface area (Å²) in [6.45, 7) is 2.17. The quantitative estimate of drug-likeness (QED) is 0.0877. The Morgan fingerprint density at radius 2 is 0.571 bits per heavy atom. The van der Waals surface area contributed by atoms with Gasteiger partial charge in [-0.2, -0.15) is 0 Å². The zero-order chi connectivity index (χ0) is 44.6. The normalized spacial score (nSPS) is 7.57. The van der Waals surface area contributed by atoms with E-state index >= 15 is 0 Å². The predicted octanol–water partition coefficient (Wildman–Crippen LogP) is -5.94. The van der Waals surface area contributed by atoms with Gasteiger partial charge in [0.25, 0.3) is 11.9 Å². The van der Waals surface area contributed by atoms with E-state index in [1.165, 1.54) is 21.2 Å². The van der Waals surface area contributed by atoms with Gasteiger partial charge < -0.3 is 21.7 Å². The standard InChI is InChI=1S/2C2H4O2.3C2H6S2.2CH5N.2CH4.B29.B/c2*1-2(3)4;3*1-3-4-2;2*1-2;;;1-16-24(17(2)3)28(25(18(4)5)19(6)7)29(26(20(8)9)21(10)11)27(22(12)13)23(14)15;/h2*1H3,(H,3,4);3*1-2H3;2*2H2,1H3;2*1H4;;. The van der Waals surface area contributed by atoms with Gasteiger partial charge in [-0.3, -0.25) is 9.59 Å². The van der Waals surface area contributed by atoms with Gasteiger partial charge in [-0.25, -0.2) is 0 Å². The zero-order valence-electron chi connectivity index (χ0n) is 33.6. The van der Waals surface area contributed by atoms with Crippen LogP contribution < -0.4 is 11.5 Å². The lowest BCUT2D eigenvalue weighted by Gasteiger charge is -2.49. The summed E-state index contributed by atoms with van der Waals surface area (Å²) in [5.74, 6) is -1.67. The second-order valence-corrected chi connectivity index (χ2v) is 17.7. The van der Waals surface area contributed by atoms with E-state index in [1.54, 1.807) is 64.8 Å². The number of carboxylic acids is 2. The minimum Gasteiger partial charge on any atom is -0.481 e. The molecule has 0 spiro atoms. The van der Waals surface area contributed by atoms with Crippen LogP contribution in [0.2, 0.25) is 0 Å². The van der Waals surface area contributed by atoms with Crippen LogP contribution in [0.25, 0.3) is 0 Å². The van der Waals surface area contributed by atoms with Crippen molar-refractivity contribution in [2.45, 2.75) is 28.7 Å². The summed E-state index contributed by atoms with van der Waals surface area (Å²) < 4.78 is 0. The smallest absolute Gasteiger partial charge is 0.300 e. The Kier molecular flexibility index (Phi) is 95.6. The number of carbonyl (C=O) groups is 2. The molecule has 56 heavy (non-hydrogen) atoms. The lowest BCUT2D eigenvalue weighted by atomic mass is 8.32. The van der Waals surface area contributed by atoms with Crippen molar-refractivity contribution < 1.29 is 19.8 Å². The maximum Gasteiger partial charge on any atom is 0.300 e. The highest BCUT2D eigenvalue weighted by Crippen LogP contribution is 2.14. The molecule has 0 fully saturated rings. The van der Waals surface area contributed by atoms with Crippen molar-refractivity contribution in [1.29, 1.82) is 0 Å². The Morgan fingerprint density at radius 3 is 0.661 bits per heavy atom. The fourth-order valence-electron chi connectivity index (χ4n) is 4.36. The van der Waals surface area contributed by atoms with Gasteiger partial charge in [-0.05, 0) is 51.6 Å². The summed E-state index contributed by atoms with van der Waals surface area (Å²) in [4.78, 5) is 18.0. The maximum absolute atomic E-state index is 9.00. The number of rotatable bonds is 16. The van der Waals surface area contributed by atoms with E-state index in [0.29, 0.717) is 0 Å². The molecule has 6 nitrogen and oxygen atoms in total. The Bertz CT molecular complexity index is 677. The number of nitrogens with two attached hydrogens (primary N) is 2. The Balaban J connectivity index is -0.0000000681. The molecule has 0 aliphatic carbocycles. The van der Waals surface area contributed by atoms with Crippen LogP contribution in [0, 0.1) is 0 Å². The fourth-order valence-corrected chi connectivity index (χ4v) is 4.36. The topological polar surface area (TPSA) is 127 Å². The molecule has 0 amide bonds. The predicted molar refractivity (Wildman–Crippen MR) is 314 cm³/mol. The third kappa shape index (κ3) is 56.9. The lowest BCUT2D eigenvalue weighted by Crippen LogP contribution is -2.87. The van der Waals surface area contributed by atoms with Crippen molar-refractivity contribution in [1.82, 2.24) is 0 Å². The van der Waals surface area contributed by atoms with Crippen LogP contribution in [0.1, 0.15) is 28.7 Å². The van der Waals surface area contributed by atoms with Crippen molar-refractivity contribution in [3.05, 3.63) is 0 Å². The molecule has 0 aromatic heterocycles. The molecule has 0 rings (SSSR count). The van der Waals surface area contributed by atoms with E-state index in [0.717, 1.165) is 13.8 Å².